The van der Waals surface area contributed by atoms with Gasteiger partial charge in [-0.05, 0) is 53.0 Å². The fraction of sp³-hybridized carbons (Fsp3) is 0.250. The van der Waals surface area contributed by atoms with Crippen molar-refractivity contribution in [2.75, 3.05) is 7.11 Å². The number of methoxy groups -OCH3 is 1. The summed E-state index contributed by atoms with van der Waals surface area (Å²) in [6.07, 6.45) is 0. The normalized spacial score (nSPS) is 10.5. The molecule has 0 aliphatic carbocycles. The Bertz CT molecular complexity index is 522. The molecule has 0 bridgehead atoms. The molecule has 0 saturated heterocycles. The lowest BCUT2D eigenvalue weighted by molar-refractivity contribution is 0.411. The highest BCUT2D eigenvalue weighted by Crippen LogP contribution is 2.32. The maximum absolute atomic E-state index is 5.30. The molecule has 0 fully saturated rings. The summed E-state index contributed by atoms with van der Waals surface area (Å²) in [5, 5.41) is 3.03. The van der Waals surface area contributed by atoms with Gasteiger partial charge in [0.2, 0.25) is 0 Å². The Hall–Kier alpha value is -0.870. The number of halogens is 1. The van der Waals surface area contributed by atoms with Gasteiger partial charge in [-0.2, -0.15) is 0 Å². The summed E-state index contributed by atoms with van der Waals surface area (Å²) in [4.78, 5) is 4.43. The lowest BCUT2D eigenvalue weighted by atomic mass is 10.1. The van der Waals surface area contributed by atoms with Crippen molar-refractivity contribution < 1.29 is 4.74 Å². The topological polar surface area (TPSA) is 22.1 Å². The number of thiazole rings is 1. The summed E-state index contributed by atoms with van der Waals surface area (Å²) in [7, 11) is 1.70. The van der Waals surface area contributed by atoms with Gasteiger partial charge in [-0.25, -0.2) is 4.98 Å². The van der Waals surface area contributed by atoms with Crippen LogP contribution in [0.4, 0.5) is 0 Å². The second-order valence-electron chi connectivity index (χ2n) is 3.61. The number of nitrogens with zero attached hydrogens (tertiary/aromatic N) is 1. The predicted molar refractivity (Wildman–Crippen MR) is 71.3 cm³/mol. The van der Waals surface area contributed by atoms with Crippen molar-refractivity contribution in [3.63, 3.8) is 0 Å². The molecule has 1 aromatic heterocycles. The van der Waals surface area contributed by atoms with Crippen LogP contribution in [0.3, 0.4) is 0 Å². The van der Waals surface area contributed by atoms with Crippen molar-refractivity contribution in [2.24, 2.45) is 0 Å². The molecule has 1 aromatic carbocycles. The number of hydrogen-bond donors (Lipinski definition) is 0. The summed E-state index contributed by atoms with van der Waals surface area (Å²) < 4.78 is 6.18. The molecule has 0 atom stereocenters. The van der Waals surface area contributed by atoms with E-state index in [0.29, 0.717) is 0 Å². The minimum atomic E-state index is 0.889. The fourth-order valence-electron chi connectivity index (χ4n) is 1.62. The molecular formula is C12H12BrNOS. The molecule has 84 valence electrons. The van der Waals surface area contributed by atoms with Crippen molar-refractivity contribution in [3.8, 4) is 16.3 Å². The van der Waals surface area contributed by atoms with Gasteiger partial charge in [0.1, 0.15) is 15.4 Å². The average molecular weight is 298 g/mol. The molecule has 0 radical (unpaired) electrons. The van der Waals surface area contributed by atoms with E-state index >= 15 is 0 Å². The third-order valence-corrected chi connectivity index (χ3v) is 4.03. The molecule has 2 rings (SSSR count). The number of benzene rings is 1. The summed E-state index contributed by atoms with van der Waals surface area (Å²) >= 11 is 5.02. The Labute approximate surface area is 107 Å². The van der Waals surface area contributed by atoms with Crippen molar-refractivity contribution in [2.45, 2.75) is 13.8 Å². The Kier molecular flexibility index (Phi) is 3.30. The van der Waals surface area contributed by atoms with E-state index in [4.69, 9.17) is 4.74 Å². The third-order valence-electron chi connectivity index (χ3n) is 2.45. The molecule has 0 aliphatic heterocycles. The van der Waals surface area contributed by atoms with E-state index in [1.807, 2.05) is 12.3 Å². The zero-order valence-electron chi connectivity index (χ0n) is 9.37. The standard InChI is InChI=1S/C12H12BrNOS/c1-7-5-10(15-3)8(2)4-9(7)12-14-11(13)6-16-12/h4-6H,1-3H3. The third kappa shape index (κ3) is 2.13. The summed E-state index contributed by atoms with van der Waals surface area (Å²) in [6.45, 7) is 4.12. The van der Waals surface area contributed by atoms with Gasteiger partial charge in [-0.15, -0.1) is 11.3 Å². The Balaban J connectivity index is 2.54. The molecule has 0 unspecified atom stereocenters. The first kappa shape index (κ1) is 11.6. The van der Waals surface area contributed by atoms with E-state index < -0.39 is 0 Å². The monoisotopic (exact) mass is 297 g/mol. The smallest absolute Gasteiger partial charge is 0.124 e. The average Bonchev–Trinajstić information content (AvgIpc) is 2.67. The van der Waals surface area contributed by atoms with Crippen LogP contribution < -0.4 is 4.74 Å². The molecule has 4 heteroatoms. The highest BCUT2D eigenvalue weighted by Gasteiger charge is 2.09. The summed E-state index contributed by atoms with van der Waals surface area (Å²) in [6, 6.07) is 4.18. The van der Waals surface area contributed by atoms with Gasteiger partial charge in [0.25, 0.3) is 0 Å². The Morgan fingerprint density at radius 2 is 2.00 bits per heavy atom. The Morgan fingerprint density at radius 3 is 2.56 bits per heavy atom. The van der Waals surface area contributed by atoms with E-state index in [-0.39, 0.29) is 0 Å². The van der Waals surface area contributed by atoms with Gasteiger partial charge in [0.15, 0.2) is 0 Å². The number of aromatic nitrogens is 1. The minimum Gasteiger partial charge on any atom is -0.496 e. The van der Waals surface area contributed by atoms with Crippen LogP contribution in [0.15, 0.2) is 22.1 Å². The maximum Gasteiger partial charge on any atom is 0.124 e. The second kappa shape index (κ2) is 4.55. The first-order valence-electron chi connectivity index (χ1n) is 4.88. The zero-order valence-corrected chi connectivity index (χ0v) is 11.8. The van der Waals surface area contributed by atoms with Gasteiger partial charge in [-0.3, -0.25) is 0 Å². The molecule has 2 aromatic rings. The van der Waals surface area contributed by atoms with E-state index in [0.717, 1.165) is 20.9 Å². The van der Waals surface area contributed by atoms with Crippen LogP contribution in [0.1, 0.15) is 11.1 Å². The molecule has 2 nitrogen and oxygen atoms in total. The molecule has 0 N–H and O–H groups in total. The maximum atomic E-state index is 5.30. The Morgan fingerprint density at radius 1 is 1.25 bits per heavy atom. The fourth-order valence-corrected chi connectivity index (χ4v) is 2.95. The highest BCUT2D eigenvalue weighted by atomic mass is 79.9. The minimum absolute atomic E-state index is 0.889. The molecule has 0 saturated carbocycles. The largest absolute Gasteiger partial charge is 0.496 e. The van der Waals surface area contributed by atoms with Gasteiger partial charge in [0, 0.05) is 10.9 Å². The van der Waals surface area contributed by atoms with Crippen LogP contribution in [0.2, 0.25) is 0 Å². The lowest BCUT2D eigenvalue weighted by Gasteiger charge is -2.09. The summed E-state index contributed by atoms with van der Waals surface area (Å²) in [5.41, 5.74) is 3.49. The van der Waals surface area contributed by atoms with Gasteiger partial charge in [0.05, 0.1) is 7.11 Å². The molecule has 16 heavy (non-hydrogen) atoms. The van der Waals surface area contributed by atoms with Gasteiger partial charge < -0.3 is 4.74 Å². The number of hydrogen-bond acceptors (Lipinski definition) is 3. The van der Waals surface area contributed by atoms with Crippen molar-refractivity contribution >= 4 is 27.3 Å². The van der Waals surface area contributed by atoms with E-state index in [2.05, 4.69) is 40.0 Å². The van der Waals surface area contributed by atoms with Crippen LogP contribution >= 0.6 is 27.3 Å². The first-order chi connectivity index (χ1) is 7.61. The lowest BCUT2D eigenvalue weighted by Crippen LogP contribution is -1.91. The van der Waals surface area contributed by atoms with E-state index in [1.54, 1.807) is 18.4 Å². The molecule has 0 aliphatic rings. The first-order valence-corrected chi connectivity index (χ1v) is 6.55. The van der Waals surface area contributed by atoms with Crippen LogP contribution in [0.5, 0.6) is 5.75 Å². The van der Waals surface area contributed by atoms with Crippen molar-refractivity contribution in [3.05, 3.63) is 33.2 Å². The predicted octanol–water partition coefficient (Wildman–Crippen LogP) is 4.20. The number of rotatable bonds is 2. The molecule has 0 spiro atoms. The van der Waals surface area contributed by atoms with Crippen molar-refractivity contribution in [1.82, 2.24) is 4.98 Å². The van der Waals surface area contributed by atoms with Gasteiger partial charge in [-0.1, -0.05) is 0 Å². The second-order valence-corrected chi connectivity index (χ2v) is 5.28. The van der Waals surface area contributed by atoms with E-state index in [9.17, 15) is 0 Å². The van der Waals surface area contributed by atoms with Gasteiger partial charge >= 0.3 is 0 Å². The van der Waals surface area contributed by atoms with Crippen LogP contribution in [-0.4, -0.2) is 12.1 Å². The quantitative estimate of drug-likeness (QED) is 0.829. The highest BCUT2D eigenvalue weighted by molar-refractivity contribution is 9.10. The van der Waals surface area contributed by atoms with Crippen molar-refractivity contribution in [1.29, 1.82) is 0 Å². The molecule has 1 heterocycles. The van der Waals surface area contributed by atoms with Crippen LogP contribution in [0, 0.1) is 13.8 Å². The molecule has 0 amide bonds. The SMILES string of the molecule is COc1cc(C)c(-c2nc(Br)cs2)cc1C. The number of aryl methyl sites for hydroxylation is 2. The van der Waals surface area contributed by atoms with Crippen LogP contribution in [-0.2, 0) is 0 Å². The summed E-state index contributed by atoms with van der Waals surface area (Å²) in [5.74, 6) is 0.928. The zero-order chi connectivity index (χ0) is 11.7. The number of ether oxygens (including phenoxy) is 1. The van der Waals surface area contributed by atoms with E-state index in [1.165, 1.54) is 11.1 Å². The van der Waals surface area contributed by atoms with Crippen LogP contribution in [0.25, 0.3) is 10.6 Å². The molecular weight excluding hydrogens is 286 g/mol.